The van der Waals surface area contributed by atoms with Crippen molar-refractivity contribution in [3.8, 4) is 23.0 Å². The topological polar surface area (TPSA) is 96.2 Å². The molecule has 0 aliphatic carbocycles. The molecule has 0 radical (unpaired) electrons. The molecule has 0 aromatic heterocycles. The average molecular weight is 358 g/mol. The molecular formula is C20H22O6. The van der Waals surface area contributed by atoms with E-state index >= 15 is 0 Å². The van der Waals surface area contributed by atoms with Crippen molar-refractivity contribution < 1.29 is 29.6 Å². The maximum Gasteiger partial charge on any atom is 0.169 e. The van der Waals surface area contributed by atoms with Gasteiger partial charge in [-0.15, -0.1) is 0 Å². The lowest BCUT2D eigenvalue weighted by Crippen LogP contribution is -2.07. The maximum atomic E-state index is 12.1. The predicted octanol–water partition coefficient (Wildman–Crippen LogP) is 3.40. The molecule has 138 valence electrons. The first-order valence-corrected chi connectivity index (χ1v) is 8.54. The minimum Gasteiger partial charge on any atom is -0.504 e. The molecule has 0 saturated carbocycles. The number of fused-ring (bicyclic) bond motifs is 8. The zero-order chi connectivity index (χ0) is 18.7. The zero-order valence-corrected chi connectivity index (χ0v) is 14.5. The third-order valence-electron chi connectivity index (χ3n) is 4.52. The van der Waals surface area contributed by atoms with Gasteiger partial charge in [-0.2, -0.15) is 0 Å². The number of methoxy groups -OCH3 is 1. The third-order valence-corrected chi connectivity index (χ3v) is 4.52. The molecule has 2 aliphatic rings. The largest absolute Gasteiger partial charge is 0.504 e. The third kappa shape index (κ3) is 3.98. The van der Waals surface area contributed by atoms with E-state index in [4.69, 9.17) is 9.47 Å². The van der Waals surface area contributed by atoms with Crippen molar-refractivity contribution in [1.29, 1.82) is 0 Å². The number of carbonyl (C=O) groups is 1. The van der Waals surface area contributed by atoms with Crippen molar-refractivity contribution >= 4 is 5.78 Å². The lowest BCUT2D eigenvalue weighted by atomic mass is 9.99. The monoisotopic (exact) mass is 358 g/mol. The number of phenols is 1. The normalized spacial score (nSPS) is 20.8. The van der Waals surface area contributed by atoms with Gasteiger partial charge in [-0.1, -0.05) is 12.1 Å². The summed E-state index contributed by atoms with van der Waals surface area (Å²) in [5.41, 5.74) is 1.14. The van der Waals surface area contributed by atoms with E-state index in [1.807, 2.05) is 0 Å². The summed E-state index contributed by atoms with van der Waals surface area (Å²) in [4.78, 5) is 12.1. The molecular weight excluding hydrogens is 336 g/mol. The lowest BCUT2D eigenvalue weighted by molar-refractivity contribution is -0.121. The molecule has 2 unspecified atom stereocenters. The van der Waals surface area contributed by atoms with Crippen LogP contribution in [0.5, 0.6) is 23.0 Å². The smallest absolute Gasteiger partial charge is 0.169 e. The zero-order valence-electron chi connectivity index (χ0n) is 14.5. The quantitative estimate of drug-likeness (QED) is 0.723. The first-order chi connectivity index (χ1) is 12.5. The van der Waals surface area contributed by atoms with E-state index < -0.39 is 12.2 Å². The Morgan fingerprint density at radius 2 is 1.77 bits per heavy atom. The van der Waals surface area contributed by atoms with Crippen LogP contribution >= 0.6 is 0 Å². The maximum absolute atomic E-state index is 12.1. The number of aliphatic hydroxyl groups excluding tert-OH is 2. The molecule has 2 heterocycles. The van der Waals surface area contributed by atoms with Crippen molar-refractivity contribution in [2.45, 2.75) is 37.9 Å². The van der Waals surface area contributed by atoms with Crippen LogP contribution in [0.15, 0.2) is 36.4 Å². The summed E-state index contributed by atoms with van der Waals surface area (Å²) in [6.45, 7) is 0. The molecule has 26 heavy (non-hydrogen) atoms. The molecule has 2 aliphatic heterocycles. The predicted molar refractivity (Wildman–Crippen MR) is 94.6 cm³/mol. The van der Waals surface area contributed by atoms with E-state index in [1.54, 1.807) is 24.3 Å². The van der Waals surface area contributed by atoms with Gasteiger partial charge in [0.05, 0.1) is 19.3 Å². The highest BCUT2D eigenvalue weighted by Gasteiger charge is 2.19. The molecule has 0 spiro atoms. The van der Waals surface area contributed by atoms with E-state index in [2.05, 4.69) is 0 Å². The number of benzene rings is 2. The minimum atomic E-state index is -0.982. The van der Waals surface area contributed by atoms with Gasteiger partial charge in [0, 0.05) is 12.8 Å². The summed E-state index contributed by atoms with van der Waals surface area (Å²) >= 11 is 0. The summed E-state index contributed by atoms with van der Waals surface area (Å²) in [7, 11) is 1.49. The van der Waals surface area contributed by atoms with Crippen molar-refractivity contribution in [2.75, 3.05) is 7.11 Å². The summed E-state index contributed by atoms with van der Waals surface area (Å²) in [5, 5.41) is 30.7. The van der Waals surface area contributed by atoms with Crippen LogP contribution in [0.3, 0.4) is 0 Å². The number of ether oxygens (including phenoxy) is 2. The fraction of sp³-hybridized carbons (Fsp3) is 0.350. The molecule has 2 atom stereocenters. The molecule has 4 bridgehead atoms. The number of phenolic OH excluding ortho intramolecular Hbond substituents is 1. The molecule has 6 nitrogen and oxygen atoms in total. The Kier molecular flexibility index (Phi) is 5.44. The second-order valence-corrected chi connectivity index (χ2v) is 6.41. The second-order valence-electron chi connectivity index (χ2n) is 6.41. The minimum absolute atomic E-state index is 0.0206. The van der Waals surface area contributed by atoms with E-state index in [-0.39, 0.29) is 30.1 Å². The number of carbonyl (C=O) groups excluding carboxylic acids is 1. The molecule has 2 aromatic carbocycles. The highest BCUT2D eigenvalue weighted by molar-refractivity contribution is 5.79. The average Bonchev–Trinajstić information content (AvgIpc) is 2.63. The lowest BCUT2D eigenvalue weighted by Gasteiger charge is -2.16. The van der Waals surface area contributed by atoms with Crippen LogP contribution in [0.1, 0.15) is 49.0 Å². The molecule has 3 N–H and O–H groups in total. The van der Waals surface area contributed by atoms with Gasteiger partial charge in [0.2, 0.25) is 0 Å². The van der Waals surface area contributed by atoms with E-state index in [0.29, 0.717) is 35.5 Å². The van der Waals surface area contributed by atoms with Crippen LogP contribution in [0.25, 0.3) is 0 Å². The number of ketones is 1. The van der Waals surface area contributed by atoms with E-state index in [0.717, 1.165) is 0 Å². The molecule has 6 heteroatoms. The fourth-order valence-corrected chi connectivity index (χ4v) is 3.01. The Labute approximate surface area is 151 Å². The Morgan fingerprint density at radius 1 is 1.04 bits per heavy atom. The number of hydrogen-bond acceptors (Lipinski definition) is 6. The van der Waals surface area contributed by atoms with Gasteiger partial charge in [0.15, 0.2) is 23.0 Å². The van der Waals surface area contributed by atoms with Crippen molar-refractivity contribution in [3.63, 3.8) is 0 Å². The van der Waals surface area contributed by atoms with Crippen LogP contribution in [0, 0.1) is 0 Å². The second kappa shape index (κ2) is 7.76. The van der Waals surface area contributed by atoms with E-state index in [9.17, 15) is 20.1 Å². The van der Waals surface area contributed by atoms with Crippen LogP contribution in [-0.4, -0.2) is 28.2 Å². The Morgan fingerprint density at radius 3 is 2.54 bits per heavy atom. The van der Waals surface area contributed by atoms with Gasteiger partial charge in [-0.05, 0) is 48.2 Å². The van der Waals surface area contributed by atoms with Crippen LogP contribution in [-0.2, 0) is 4.79 Å². The van der Waals surface area contributed by atoms with Gasteiger partial charge >= 0.3 is 0 Å². The Bertz CT molecular complexity index is 801. The van der Waals surface area contributed by atoms with Crippen LogP contribution in [0.2, 0.25) is 0 Å². The molecule has 0 amide bonds. The fourth-order valence-electron chi connectivity index (χ4n) is 3.01. The summed E-state index contributed by atoms with van der Waals surface area (Å²) in [5.74, 6) is 0.759. The van der Waals surface area contributed by atoms with Gasteiger partial charge in [-0.3, -0.25) is 4.79 Å². The van der Waals surface area contributed by atoms with Crippen molar-refractivity contribution in [1.82, 2.24) is 0 Å². The summed E-state index contributed by atoms with van der Waals surface area (Å²) in [6.07, 6.45) is -0.495. The highest BCUT2D eigenvalue weighted by atomic mass is 16.5. The summed E-state index contributed by atoms with van der Waals surface area (Å²) in [6, 6.07) is 9.54. The molecule has 2 aromatic rings. The molecule has 0 fully saturated rings. The number of hydrogen-bond donors (Lipinski definition) is 3. The van der Waals surface area contributed by atoms with Gasteiger partial charge < -0.3 is 24.8 Å². The van der Waals surface area contributed by atoms with Crippen LogP contribution in [0.4, 0.5) is 0 Å². The first kappa shape index (κ1) is 18.2. The highest BCUT2D eigenvalue weighted by Crippen LogP contribution is 2.39. The standard InChI is InChI=1S/C20H22O6/c1-25-20-10-12-6-8-18(20)26-19-9-13(5-7-16(19)23)17(24)11-14(21)3-2-4-15(12)22/h5-10,15,17,22-24H,2-4,11H2,1H3. The summed E-state index contributed by atoms with van der Waals surface area (Å²) < 4.78 is 11.1. The number of aliphatic hydroxyl groups is 2. The number of Topliss-reactive ketones (excluding diaryl/α,β-unsaturated/α-hetero) is 1. The van der Waals surface area contributed by atoms with Crippen molar-refractivity contribution in [3.05, 3.63) is 47.5 Å². The Balaban J connectivity index is 2.04. The molecule has 0 saturated heterocycles. The van der Waals surface area contributed by atoms with Gasteiger partial charge in [-0.25, -0.2) is 0 Å². The van der Waals surface area contributed by atoms with Gasteiger partial charge in [0.25, 0.3) is 0 Å². The Hall–Kier alpha value is -2.57. The number of aromatic hydroxyl groups is 1. The van der Waals surface area contributed by atoms with E-state index in [1.165, 1.54) is 19.2 Å². The van der Waals surface area contributed by atoms with Gasteiger partial charge in [0.1, 0.15) is 5.78 Å². The molecule has 4 rings (SSSR count). The SMILES string of the molecule is COc1cc2ccc1Oc1cc(ccc1O)C(O)CC(=O)CCCC2O. The first-order valence-electron chi connectivity index (χ1n) is 8.54. The number of rotatable bonds is 1. The van der Waals surface area contributed by atoms with Crippen LogP contribution < -0.4 is 9.47 Å². The van der Waals surface area contributed by atoms with Crippen molar-refractivity contribution in [2.24, 2.45) is 0 Å².